The molecule has 2 aromatic rings. The minimum Gasteiger partial charge on any atom is -0.493 e. The standard InChI is InChI=1S/C22H26N2O4S/c1-26-18-4-3-16(8-19(18)27-2)17(25)12-29-21-24-23-20(28-21)22-9-13-5-14(10-22)7-15(6-13)11-22/h3-4,8,13-15H,5-7,9-12H2,1-2H3. The number of aromatic nitrogens is 2. The quantitative estimate of drug-likeness (QED) is 0.487. The van der Waals surface area contributed by atoms with Crippen LogP contribution in [0.4, 0.5) is 0 Å². The zero-order valence-corrected chi connectivity index (χ0v) is 17.7. The van der Waals surface area contributed by atoms with Gasteiger partial charge in [0.2, 0.25) is 5.89 Å². The molecular formula is C22H26N2O4S. The summed E-state index contributed by atoms with van der Waals surface area (Å²) < 4.78 is 16.6. The van der Waals surface area contributed by atoms with Gasteiger partial charge in [0.05, 0.1) is 20.0 Å². The summed E-state index contributed by atoms with van der Waals surface area (Å²) in [5, 5.41) is 9.16. The number of thioether (sulfide) groups is 1. The predicted octanol–water partition coefficient (Wildman–Crippen LogP) is 4.53. The van der Waals surface area contributed by atoms with E-state index in [4.69, 9.17) is 13.9 Å². The topological polar surface area (TPSA) is 74.5 Å². The molecule has 4 bridgehead atoms. The maximum Gasteiger partial charge on any atom is 0.277 e. The molecule has 0 saturated heterocycles. The third-order valence-electron chi connectivity index (χ3n) is 6.93. The molecule has 0 radical (unpaired) electrons. The molecule has 4 aliphatic carbocycles. The van der Waals surface area contributed by atoms with Gasteiger partial charge in [-0.2, -0.15) is 0 Å². The lowest BCUT2D eigenvalue weighted by Gasteiger charge is -2.55. The van der Waals surface area contributed by atoms with Crippen LogP contribution >= 0.6 is 11.8 Å². The number of carbonyl (C=O) groups excluding carboxylic acids is 1. The number of rotatable bonds is 7. The number of carbonyl (C=O) groups is 1. The Balaban J connectivity index is 1.26. The van der Waals surface area contributed by atoms with Gasteiger partial charge in [-0.15, -0.1) is 10.2 Å². The number of benzene rings is 1. The van der Waals surface area contributed by atoms with E-state index in [9.17, 15) is 4.79 Å². The van der Waals surface area contributed by atoms with Crippen molar-refractivity contribution in [3.05, 3.63) is 29.7 Å². The monoisotopic (exact) mass is 414 g/mol. The van der Waals surface area contributed by atoms with Gasteiger partial charge in [0, 0.05) is 11.0 Å². The molecule has 7 heteroatoms. The Kier molecular flexibility index (Phi) is 4.81. The van der Waals surface area contributed by atoms with Gasteiger partial charge in [0.1, 0.15) is 0 Å². The minimum absolute atomic E-state index is 0.00879. The van der Waals surface area contributed by atoms with Crippen LogP contribution in [-0.4, -0.2) is 36.0 Å². The highest BCUT2D eigenvalue weighted by Gasteiger charge is 2.54. The number of hydrogen-bond donors (Lipinski definition) is 0. The average molecular weight is 415 g/mol. The fourth-order valence-electron chi connectivity index (χ4n) is 6.08. The Labute approximate surface area is 174 Å². The molecule has 6 rings (SSSR count). The van der Waals surface area contributed by atoms with Gasteiger partial charge < -0.3 is 13.9 Å². The summed E-state index contributed by atoms with van der Waals surface area (Å²) in [5.41, 5.74) is 0.671. The van der Waals surface area contributed by atoms with Crippen molar-refractivity contribution in [3.63, 3.8) is 0 Å². The number of methoxy groups -OCH3 is 2. The van der Waals surface area contributed by atoms with Crippen molar-refractivity contribution >= 4 is 17.5 Å². The van der Waals surface area contributed by atoms with Crippen LogP contribution in [0.2, 0.25) is 0 Å². The molecule has 0 spiro atoms. The number of nitrogens with zero attached hydrogens (tertiary/aromatic N) is 2. The van der Waals surface area contributed by atoms with Crippen molar-refractivity contribution in [2.75, 3.05) is 20.0 Å². The Morgan fingerprint density at radius 3 is 2.34 bits per heavy atom. The molecule has 4 fully saturated rings. The number of Topliss-reactive ketones (excluding diaryl/α,β-unsaturated/α-hetero) is 1. The van der Waals surface area contributed by atoms with Gasteiger partial charge in [-0.3, -0.25) is 4.79 Å². The van der Waals surface area contributed by atoms with E-state index < -0.39 is 0 Å². The number of hydrogen-bond acceptors (Lipinski definition) is 7. The zero-order valence-electron chi connectivity index (χ0n) is 16.8. The molecule has 1 aromatic carbocycles. The Bertz CT molecular complexity index is 890. The summed E-state index contributed by atoms with van der Waals surface area (Å²) in [4.78, 5) is 12.6. The summed E-state index contributed by atoms with van der Waals surface area (Å²) in [6.45, 7) is 0. The van der Waals surface area contributed by atoms with Gasteiger partial charge in [0.25, 0.3) is 5.22 Å². The van der Waals surface area contributed by atoms with Gasteiger partial charge in [0.15, 0.2) is 17.3 Å². The van der Waals surface area contributed by atoms with Crippen LogP contribution in [0.5, 0.6) is 11.5 Å². The maximum absolute atomic E-state index is 12.6. The van der Waals surface area contributed by atoms with Gasteiger partial charge in [-0.1, -0.05) is 11.8 Å². The molecule has 0 aliphatic heterocycles. The lowest BCUT2D eigenvalue weighted by molar-refractivity contribution is -0.0191. The highest BCUT2D eigenvalue weighted by molar-refractivity contribution is 7.99. The first-order valence-electron chi connectivity index (χ1n) is 10.3. The Hall–Kier alpha value is -2.02. The van der Waals surface area contributed by atoms with Crippen LogP contribution in [0.3, 0.4) is 0 Å². The summed E-state index contributed by atoms with van der Waals surface area (Å²) in [5.74, 6) is 4.68. The smallest absolute Gasteiger partial charge is 0.277 e. The second-order valence-electron chi connectivity index (χ2n) is 8.85. The van der Waals surface area contributed by atoms with E-state index in [2.05, 4.69) is 10.2 Å². The first-order valence-corrected chi connectivity index (χ1v) is 11.3. The van der Waals surface area contributed by atoms with Crippen molar-refractivity contribution in [2.45, 2.75) is 49.2 Å². The van der Waals surface area contributed by atoms with Gasteiger partial charge in [-0.25, -0.2) is 0 Å². The molecule has 6 nitrogen and oxygen atoms in total. The van der Waals surface area contributed by atoms with Gasteiger partial charge in [-0.05, 0) is 74.5 Å². The van der Waals surface area contributed by atoms with Crippen molar-refractivity contribution in [1.82, 2.24) is 10.2 Å². The van der Waals surface area contributed by atoms with E-state index in [1.54, 1.807) is 32.4 Å². The normalized spacial score (nSPS) is 29.8. The first kappa shape index (κ1) is 19.0. The molecule has 0 N–H and O–H groups in total. The van der Waals surface area contributed by atoms with E-state index in [1.807, 2.05) is 0 Å². The highest BCUT2D eigenvalue weighted by atomic mass is 32.2. The van der Waals surface area contributed by atoms with Crippen LogP contribution in [0.1, 0.15) is 54.8 Å². The SMILES string of the molecule is COc1ccc(C(=O)CSc2nnc(C34CC5CC(CC(C5)C3)C4)o2)cc1OC. The van der Waals surface area contributed by atoms with Crippen LogP contribution in [0, 0.1) is 17.8 Å². The average Bonchev–Trinajstić information content (AvgIpc) is 3.20. The Morgan fingerprint density at radius 2 is 1.72 bits per heavy atom. The lowest BCUT2D eigenvalue weighted by Crippen LogP contribution is -2.48. The first-order chi connectivity index (χ1) is 14.1. The third-order valence-corrected chi connectivity index (χ3v) is 7.75. The van der Waals surface area contributed by atoms with E-state index in [1.165, 1.54) is 50.3 Å². The molecule has 1 heterocycles. The van der Waals surface area contributed by atoms with Crippen LogP contribution in [-0.2, 0) is 5.41 Å². The van der Waals surface area contributed by atoms with Crippen LogP contribution < -0.4 is 9.47 Å². The second kappa shape index (κ2) is 7.35. The zero-order chi connectivity index (χ0) is 20.0. The fraction of sp³-hybridized carbons (Fsp3) is 0.591. The summed E-state index contributed by atoms with van der Waals surface area (Å²) in [7, 11) is 3.14. The van der Waals surface area contributed by atoms with Crippen LogP contribution in [0.25, 0.3) is 0 Å². The second-order valence-corrected chi connectivity index (χ2v) is 9.78. The summed E-state index contributed by atoms with van der Waals surface area (Å²) in [6, 6.07) is 5.20. The minimum atomic E-state index is -0.00879. The molecule has 29 heavy (non-hydrogen) atoms. The summed E-state index contributed by atoms with van der Waals surface area (Å²) >= 11 is 1.31. The maximum atomic E-state index is 12.6. The van der Waals surface area contributed by atoms with Gasteiger partial charge >= 0.3 is 0 Å². The molecule has 4 saturated carbocycles. The largest absolute Gasteiger partial charge is 0.493 e. The number of ketones is 1. The van der Waals surface area contributed by atoms with E-state index in [0.29, 0.717) is 22.3 Å². The molecule has 0 unspecified atom stereocenters. The van der Waals surface area contributed by atoms with Crippen molar-refractivity contribution in [2.24, 2.45) is 17.8 Å². The highest BCUT2D eigenvalue weighted by Crippen LogP contribution is 2.60. The molecule has 1 aromatic heterocycles. The van der Waals surface area contributed by atoms with Crippen molar-refractivity contribution in [3.8, 4) is 11.5 Å². The fourth-order valence-corrected chi connectivity index (χ4v) is 6.73. The Morgan fingerprint density at radius 1 is 1.07 bits per heavy atom. The summed E-state index contributed by atoms with van der Waals surface area (Å²) in [6.07, 6.45) is 7.72. The van der Waals surface area contributed by atoms with E-state index in [0.717, 1.165) is 23.6 Å². The van der Waals surface area contributed by atoms with Crippen LogP contribution in [0.15, 0.2) is 27.8 Å². The predicted molar refractivity (Wildman–Crippen MR) is 109 cm³/mol. The molecular weight excluding hydrogens is 388 g/mol. The lowest BCUT2D eigenvalue weighted by atomic mass is 9.49. The molecule has 0 amide bonds. The molecule has 4 aliphatic rings. The van der Waals surface area contributed by atoms with Crippen molar-refractivity contribution in [1.29, 1.82) is 0 Å². The van der Waals surface area contributed by atoms with E-state index in [-0.39, 0.29) is 17.0 Å². The molecule has 0 atom stereocenters. The molecule has 154 valence electrons. The third kappa shape index (κ3) is 3.43. The van der Waals surface area contributed by atoms with E-state index >= 15 is 0 Å². The van der Waals surface area contributed by atoms with Crippen molar-refractivity contribution < 1.29 is 18.7 Å². The number of ether oxygens (including phenoxy) is 2.